The van der Waals surface area contributed by atoms with Crippen LogP contribution in [0, 0.1) is 0 Å². The molecule has 0 aliphatic carbocycles. The van der Waals surface area contributed by atoms with Gasteiger partial charge in [0, 0.05) is 11.6 Å². The molecule has 3 aromatic rings. The molecule has 2 amide bonds. The maximum Gasteiger partial charge on any atom is 0.339 e. The van der Waals surface area contributed by atoms with Crippen molar-refractivity contribution in [2.45, 2.75) is 6.92 Å². The number of hydrogen-bond acceptors (Lipinski definition) is 6. The fourth-order valence-corrected chi connectivity index (χ4v) is 3.29. The van der Waals surface area contributed by atoms with Crippen LogP contribution < -0.4 is 10.6 Å². The maximum absolute atomic E-state index is 12.8. The van der Waals surface area contributed by atoms with E-state index in [1.807, 2.05) is 49.4 Å². The number of benzene rings is 3. The van der Waals surface area contributed by atoms with Crippen LogP contribution in [0.25, 0.3) is 16.3 Å². The van der Waals surface area contributed by atoms with Crippen LogP contribution >= 0.6 is 0 Å². The fraction of sp³-hybridized carbons (Fsp3) is 0.154. The summed E-state index contributed by atoms with van der Waals surface area (Å²) in [6.07, 6.45) is 1.41. The summed E-state index contributed by atoms with van der Waals surface area (Å²) in [6.45, 7) is 1.49. The Morgan fingerprint density at radius 1 is 0.853 bits per heavy atom. The molecular formula is C26H24N2O6. The van der Waals surface area contributed by atoms with Crippen LogP contribution in [0.2, 0.25) is 0 Å². The molecule has 8 heteroatoms. The summed E-state index contributed by atoms with van der Waals surface area (Å²) in [7, 11) is 2.43. The van der Waals surface area contributed by atoms with Gasteiger partial charge in [-0.05, 0) is 53.1 Å². The quantitative estimate of drug-likeness (QED) is 0.412. The highest BCUT2D eigenvalue weighted by molar-refractivity contribution is 6.09. The fourth-order valence-electron chi connectivity index (χ4n) is 3.29. The van der Waals surface area contributed by atoms with Crippen molar-refractivity contribution in [2.75, 3.05) is 26.1 Å². The lowest BCUT2D eigenvalue weighted by molar-refractivity contribution is -0.139. The number of methoxy groups -OCH3 is 2. The van der Waals surface area contributed by atoms with Crippen molar-refractivity contribution in [2.24, 2.45) is 0 Å². The van der Waals surface area contributed by atoms with Crippen LogP contribution in [-0.2, 0) is 19.1 Å². The Hall–Kier alpha value is -4.46. The third kappa shape index (κ3) is 5.86. The molecule has 3 aromatic carbocycles. The Balaban J connectivity index is 1.84. The number of carbonyl (C=O) groups is 4. The van der Waals surface area contributed by atoms with E-state index >= 15 is 0 Å². The van der Waals surface area contributed by atoms with Crippen LogP contribution in [0.1, 0.15) is 33.2 Å². The highest BCUT2D eigenvalue weighted by Gasteiger charge is 2.17. The van der Waals surface area contributed by atoms with Crippen molar-refractivity contribution in [1.82, 2.24) is 5.32 Å². The lowest BCUT2D eigenvalue weighted by Gasteiger charge is -2.12. The molecule has 3 rings (SSSR count). The van der Waals surface area contributed by atoms with Gasteiger partial charge in [-0.3, -0.25) is 14.4 Å². The Kier molecular flexibility index (Phi) is 7.76. The summed E-state index contributed by atoms with van der Waals surface area (Å²) in [5, 5.41) is 7.19. The lowest BCUT2D eigenvalue weighted by atomic mass is 10.0. The summed E-state index contributed by atoms with van der Waals surface area (Å²) in [5.74, 6) is -2.34. The number of fused-ring (bicyclic) bond motifs is 1. The monoisotopic (exact) mass is 460 g/mol. The summed E-state index contributed by atoms with van der Waals surface area (Å²) < 4.78 is 9.27. The Labute approximate surface area is 196 Å². The van der Waals surface area contributed by atoms with Gasteiger partial charge in [0.2, 0.25) is 5.91 Å². The Bertz CT molecular complexity index is 1300. The van der Waals surface area contributed by atoms with Crippen molar-refractivity contribution >= 4 is 45.8 Å². The number of nitrogens with one attached hydrogen (secondary N) is 2. The average Bonchev–Trinajstić information content (AvgIpc) is 2.85. The van der Waals surface area contributed by atoms with Gasteiger partial charge in [0.25, 0.3) is 5.91 Å². The normalized spacial score (nSPS) is 11.0. The molecular weight excluding hydrogens is 436 g/mol. The molecule has 0 heterocycles. The molecule has 0 aliphatic heterocycles. The second-order valence-corrected chi connectivity index (χ2v) is 7.39. The van der Waals surface area contributed by atoms with E-state index in [1.165, 1.54) is 38.5 Å². The summed E-state index contributed by atoms with van der Waals surface area (Å²) in [4.78, 5) is 48.6. The van der Waals surface area contributed by atoms with Gasteiger partial charge in [-0.1, -0.05) is 36.4 Å². The number of amides is 2. The van der Waals surface area contributed by atoms with Gasteiger partial charge >= 0.3 is 11.9 Å². The van der Waals surface area contributed by atoms with Crippen molar-refractivity contribution in [3.63, 3.8) is 0 Å². The molecule has 0 bridgehead atoms. The minimum Gasteiger partial charge on any atom is -0.468 e. The van der Waals surface area contributed by atoms with E-state index in [2.05, 4.69) is 15.4 Å². The van der Waals surface area contributed by atoms with Crippen molar-refractivity contribution in [1.29, 1.82) is 0 Å². The molecule has 2 N–H and O–H groups in total. The van der Waals surface area contributed by atoms with Gasteiger partial charge < -0.3 is 20.1 Å². The van der Waals surface area contributed by atoms with Crippen LogP contribution in [0.5, 0.6) is 0 Å². The van der Waals surface area contributed by atoms with Crippen LogP contribution in [-0.4, -0.2) is 44.5 Å². The first kappa shape index (κ1) is 24.2. The molecule has 0 unspecified atom stereocenters. The molecule has 0 saturated carbocycles. The third-order valence-corrected chi connectivity index (χ3v) is 5.12. The second kappa shape index (κ2) is 10.9. The number of carbonyl (C=O) groups excluding carboxylic acids is 4. The number of anilines is 1. The summed E-state index contributed by atoms with van der Waals surface area (Å²) in [5.41, 5.74) is 1.91. The van der Waals surface area contributed by atoms with Gasteiger partial charge in [-0.25, -0.2) is 4.79 Å². The highest BCUT2D eigenvalue weighted by atomic mass is 16.5. The van der Waals surface area contributed by atoms with Gasteiger partial charge in [0.05, 0.1) is 25.5 Å². The van der Waals surface area contributed by atoms with E-state index in [1.54, 1.807) is 0 Å². The zero-order chi connectivity index (χ0) is 24.7. The first-order chi connectivity index (χ1) is 16.3. The molecule has 0 radical (unpaired) electrons. The van der Waals surface area contributed by atoms with Crippen LogP contribution in [0.3, 0.4) is 0 Å². The van der Waals surface area contributed by atoms with Crippen molar-refractivity contribution < 1.29 is 28.7 Å². The van der Waals surface area contributed by atoms with Crippen LogP contribution in [0.4, 0.5) is 5.69 Å². The first-order valence-corrected chi connectivity index (χ1v) is 10.4. The summed E-state index contributed by atoms with van der Waals surface area (Å²) >= 11 is 0. The maximum atomic E-state index is 12.8. The zero-order valence-electron chi connectivity index (χ0n) is 19.0. The third-order valence-electron chi connectivity index (χ3n) is 5.12. The predicted octanol–water partition coefficient (Wildman–Crippen LogP) is 3.57. The molecule has 0 atom stereocenters. The van der Waals surface area contributed by atoms with E-state index in [9.17, 15) is 19.2 Å². The number of esters is 2. The van der Waals surface area contributed by atoms with Crippen LogP contribution in [0.15, 0.2) is 66.7 Å². The van der Waals surface area contributed by atoms with Crippen molar-refractivity contribution in [3.8, 4) is 0 Å². The molecule has 174 valence electrons. The average molecular weight is 460 g/mol. The molecule has 0 spiro atoms. The SMILES string of the molecule is COC(=O)CNC(=O)c1ccc(C(=O)OC)c(NC(=O)/C=C(/C)c2ccc3ccccc3c2)c1. The Morgan fingerprint density at radius 2 is 1.56 bits per heavy atom. The largest absolute Gasteiger partial charge is 0.468 e. The topological polar surface area (TPSA) is 111 Å². The number of ether oxygens (including phenoxy) is 2. The molecule has 8 nitrogen and oxygen atoms in total. The molecule has 34 heavy (non-hydrogen) atoms. The lowest BCUT2D eigenvalue weighted by Crippen LogP contribution is -2.30. The number of allylic oxidation sites excluding steroid dienone is 1. The first-order valence-electron chi connectivity index (χ1n) is 10.4. The zero-order valence-corrected chi connectivity index (χ0v) is 19.0. The van der Waals surface area contributed by atoms with Gasteiger partial charge in [0.15, 0.2) is 0 Å². The van der Waals surface area contributed by atoms with Gasteiger partial charge in [-0.15, -0.1) is 0 Å². The molecule has 0 aromatic heterocycles. The summed E-state index contributed by atoms with van der Waals surface area (Å²) in [6, 6.07) is 17.9. The Morgan fingerprint density at radius 3 is 2.26 bits per heavy atom. The predicted molar refractivity (Wildman–Crippen MR) is 128 cm³/mol. The highest BCUT2D eigenvalue weighted by Crippen LogP contribution is 2.22. The molecule has 0 aliphatic rings. The number of rotatable bonds is 7. The van der Waals surface area contributed by atoms with Gasteiger partial charge in [-0.2, -0.15) is 0 Å². The minimum atomic E-state index is -0.674. The standard InChI is InChI=1S/C26H24N2O6/c1-16(18-9-8-17-6-4-5-7-19(17)13-18)12-23(29)28-22-14-20(10-11-21(22)26(32)34-3)25(31)27-15-24(30)33-2/h4-14H,15H2,1-3H3,(H,27,31)(H,28,29)/b16-12-. The van der Waals surface area contributed by atoms with E-state index in [0.717, 1.165) is 21.9 Å². The van der Waals surface area contributed by atoms with E-state index in [-0.39, 0.29) is 23.4 Å². The van der Waals surface area contributed by atoms with Gasteiger partial charge in [0.1, 0.15) is 6.54 Å². The minimum absolute atomic E-state index is 0.0807. The number of hydrogen-bond donors (Lipinski definition) is 2. The molecule has 0 saturated heterocycles. The second-order valence-electron chi connectivity index (χ2n) is 7.39. The van der Waals surface area contributed by atoms with E-state index in [0.29, 0.717) is 0 Å². The van der Waals surface area contributed by atoms with Crippen molar-refractivity contribution in [3.05, 3.63) is 83.4 Å². The van der Waals surface area contributed by atoms with E-state index in [4.69, 9.17) is 4.74 Å². The van der Waals surface area contributed by atoms with E-state index < -0.39 is 23.8 Å². The molecule has 0 fully saturated rings. The smallest absolute Gasteiger partial charge is 0.339 e.